The van der Waals surface area contributed by atoms with Gasteiger partial charge in [-0.2, -0.15) is 0 Å². The fourth-order valence-electron chi connectivity index (χ4n) is 2.96. The summed E-state index contributed by atoms with van der Waals surface area (Å²) >= 11 is 0. The van der Waals surface area contributed by atoms with Gasteiger partial charge in [0.15, 0.2) is 11.5 Å². The van der Waals surface area contributed by atoms with Crippen LogP contribution >= 0.6 is 0 Å². The van der Waals surface area contributed by atoms with Crippen molar-refractivity contribution in [2.24, 2.45) is 0 Å². The van der Waals surface area contributed by atoms with Gasteiger partial charge in [0, 0.05) is 30.4 Å². The van der Waals surface area contributed by atoms with Gasteiger partial charge >= 0.3 is 0 Å². The van der Waals surface area contributed by atoms with Crippen molar-refractivity contribution in [3.05, 3.63) is 59.7 Å². The summed E-state index contributed by atoms with van der Waals surface area (Å²) in [6.45, 7) is 3.90. The number of ether oxygens (including phenoxy) is 2. The highest BCUT2D eigenvalue weighted by Gasteiger charge is 2.18. The van der Waals surface area contributed by atoms with E-state index in [2.05, 4.69) is 4.72 Å². The Morgan fingerprint density at radius 2 is 1.86 bits per heavy atom. The lowest BCUT2D eigenvalue weighted by molar-refractivity contribution is -0.126. The van der Waals surface area contributed by atoms with Crippen LogP contribution in [0.15, 0.2) is 48.5 Å². The minimum Gasteiger partial charge on any atom is -0.486 e. The number of carbonyl (C=O) groups is 1. The Kier molecular flexibility index (Phi) is 6.43. The van der Waals surface area contributed by atoms with Crippen LogP contribution in [0, 0.1) is 0 Å². The quantitative estimate of drug-likeness (QED) is 0.702. The van der Waals surface area contributed by atoms with Crippen molar-refractivity contribution in [2.45, 2.75) is 13.5 Å². The number of nitrogens with zero attached hydrogens (tertiary/aromatic N) is 1. The zero-order valence-corrected chi connectivity index (χ0v) is 17.2. The van der Waals surface area contributed by atoms with Gasteiger partial charge in [0.25, 0.3) is 0 Å². The molecule has 0 saturated heterocycles. The number of hydrogen-bond donors (Lipinski definition) is 1. The summed E-state index contributed by atoms with van der Waals surface area (Å²) in [5, 5.41) is 0. The van der Waals surface area contributed by atoms with E-state index < -0.39 is 10.0 Å². The highest BCUT2D eigenvalue weighted by molar-refractivity contribution is 7.92. The average molecular weight is 416 g/mol. The minimum atomic E-state index is -3.31. The van der Waals surface area contributed by atoms with E-state index in [1.807, 2.05) is 25.1 Å². The van der Waals surface area contributed by atoms with Crippen molar-refractivity contribution < 1.29 is 22.7 Å². The highest BCUT2D eigenvalue weighted by atomic mass is 32.2. The van der Waals surface area contributed by atoms with E-state index in [-0.39, 0.29) is 5.91 Å². The third-order valence-electron chi connectivity index (χ3n) is 4.33. The SMILES string of the molecule is CCN(Cc1cccc2c1OCCO2)C(=O)/C=C/c1ccc(NS(C)(=O)=O)cc1. The van der Waals surface area contributed by atoms with Gasteiger partial charge in [0.2, 0.25) is 15.9 Å². The van der Waals surface area contributed by atoms with Crippen LogP contribution in [-0.4, -0.2) is 45.2 Å². The average Bonchev–Trinajstić information content (AvgIpc) is 2.70. The van der Waals surface area contributed by atoms with Crippen molar-refractivity contribution in [3.8, 4) is 11.5 Å². The Hall–Kier alpha value is -3.00. The van der Waals surface area contributed by atoms with Crippen molar-refractivity contribution in [1.29, 1.82) is 0 Å². The van der Waals surface area contributed by atoms with Gasteiger partial charge in [-0.25, -0.2) is 8.42 Å². The van der Waals surface area contributed by atoms with Crippen molar-refractivity contribution in [3.63, 3.8) is 0 Å². The molecule has 0 fully saturated rings. The number of carbonyl (C=O) groups excluding carboxylic acids is 1. The van der Waals surface area contributed by atoms with E-state index in [0.717, 1.165) is 17.4 Å². The second-order valence-corrected chi connectivity index (χ2v) is 8.37. The molecule has 154 valence electrons. The van der Waals surface area contributed by atoms with Crippen LogP contribution in [-0.2, 0) is 21.4 Å². The topological polar surface area (TPSA) is 84.9 Å². The van der Waals surface area contributed by atoms with E-state index in [4.69, 9.17) is 9.47 Å². The molecular formula is C21H24N2O5S. The van der Waals surface area contributed by atoms with E-state index >= 15 is 0 Å². The maximum Gasteiger partial charge on any atom is 0.246 e. The number of benzene rings is 2. The Balaban J connectivity index is 1.67. The summed E-state index contributed by atoms with van der Waals surface area (Å²) in [4.78, 5) is 14.4. The summed E-state index contributed by atoms with van der Waals surface area (Å²) < 4.78 is 36.2. The number of para-hydroxylation sites is 1. The molecule has 0 radical (unpaired) electrons. The lowest BCUT2D eigenvalue weighted by Gasteiger charge is -2.24. The van der Waals surface area contributed by atoms with Gasteiger partial charge < -0.3 is 14.4 Å². The van der Waals surface area contributed by atoms with Gasteiger partial charge in [-0.3, -0.25) is 9.52 Å². The Morgan fingerprint density at radius 1 is 1.14 bits per heavy atom. The molecule has 29 heavy (non-hydrogen) atoms. The van der Waals surface area contributed by atoms with Gasteiger partial charge in [-0.05, 0) is 36.8 Å². The number of amides is 1. The summed E-state index contributed by atoms with van der Waals surface area (Å²) in [7, 11) is -3.31. The molecule has 1 heterocycles. The normalized spacial score (nSPS) is 13.3. The third-order valence-corrected chi connectivity index (χ3v) is 4.94. The van der Waals surface area contributed by atoms with Crippen LogP contribution in [0.1, 0.15) is 18.1 Å². The van der Waals surface area contributed by atoms with Crippen LogP contribution in [0.2, 0.25) is 0 Å². The van der Waals surface area contributed by atoms with Crippen molar-refractivity contribution in [1.82, 2.24) is 4.90 Å². The first-order valence-electron chi connectivity index (χ1n) is 9.28. The standard InChI is InChI=1S/C21H24N2O5S/c1-3-23(15-17-5-4-6-19-21(17)28-14-13-27-19)20(24)12-9-16-7-10-18(11-8-16)22-29(2,25)26/h4-12,22H,3,13-15H2,1-2H3/b12-9+. The molecule has 1 N–H and O–H groups in total. The second-order valence-electron chi connectivity index (χ2n) is 6.62. The Morgan fingerprint density at radius 3 is 2.55 bits per heavy atom. The monoisotopic (exact) mass is 416 g/mol. The van der Waals surface area contributed by atoms with Gasteiger partial charge in [0.1, 0.15) is 13.2 Å². The number of fused-ring (bicyclic) bond motifs is 1. The predicted octanol–water partition coefficient (Wildman–Crippen LogP) is 2.89. The summed E-state index contributed by atoms with van der Waals surface area (Å²) in [5.74, 6) is 1.28. The van der Waals surface area contributed by atoms with Gasteiger partial charge in [0.05, 0.1) is 6.26 Å². The first-order chi connectivity index (χ1) is 13.9. The second kappa shape index (κ2) is 9.00. The molecule has 1 amide bonds. The van der Waals surface area contributed by atoms with Crippen molar-refractivity contribution >= 4 is 27.7 Å². The van der Waals surface area contributed by atoms with E-state index in [1.54, 1.807) is 35.2 Å². The molecule has 1 aliphatic heterocycles. The zero-order valence-electron chi connectivity index (χ0n) is 16.4. The number of sulfonamides is 1. The lowest BCUT2D eigenvalue weighted by atomic mass is 10.1. The molecule has 3 rings (SSSR count). The third kappa shape index (κ3) is 5.74. The van der Waals surface area contributed by atoms with Gasteiger partial charge in [-0.1, -0.05) is 24.3 Å². The van der Waals surface area contributed by atoms with Crippen LogP contribution in [0.5, 0.6) is 11.5 Å². The number of hydrogen-bond acceptors (Lipinski definition) is 5. The molecule has 2 aromatic rings. The minimum absolute atomic E-state index is 0.125. The number of likely N-dealkylation sites (N-methyl/N-ethyl adjacent to an activating group) is 1. The fourth-order valence-corrected chi connectivity index (χ4v) is 3.52. The van der Waals surface area contributed by atoms with Crippen molar-refractivity contribution in [2.75, 3.05) is 30.7 Å². The predicted molar refractivity (Wildman–Crippen MR) is 112 cm³/mol. The summed E-state index contributed by atoms with van der Waals surface area (Å²) in [5.41, 5.74) is 2.17. The van der Waals surface area contributed by atoms with Crippen LogP contribution in [0.4, 0.5) is 5.69 Å². The molecule has 2 aromatic carbocycles. The smallest absolute Gasteiger partial charge is 0.246 e. The molecule has 0 aliphatic carbocycles. The Labute approximate surface area is 171 Å². The van der Waals surface area contributed by atoms with E-state index in [9.17, 15) is 13.2 Å². The molecule has 8 heteroatoms. The fraction of sp³-hybridized carbons (Fsp3) is 0.286. The molecule has 1 aliphatic rings. The number of nitrogens with one attached hydrogen (secondary N) is 1. The van der Waals surface area contributed by atoms with E-state index in [0.29, 0.717) is 43.5 Å². The molecule has 7 nitrogen and oxygen atoms in total. The van der Waals surface area contributed by atoms with Crippen LogP contribution in [0.25, 0.3) is 6.08 Å². The number of anilines is 1. The maximum absolute atomic E-state index is 12.7. The highest BCUT2D eigenvalue weighted by Crippen LogP contribution is 2.34. The van der Waals surface area contributed by atoms with Crippen LogP contribution < -0.4 is 14.2 Å². The molecule has 0 bridgehead atoms. The largest absolute Gasteiger partial charge is 0.486 e. The lowest BCUT2D eigenvalue weighted by Crippen LogP contribution is -2.29. The van der Waals surface area contributed by atoms with E-state index in [1.165, 1.54) is 6.08 Å². The zero-order chi connectivity index (χ0) is 20.9. The molecular weight excluding hydrogens is 392 g/mol. The first kappa shape index (κ1) is 20.7. The Bertz CT molecular complexity index is 1000. The molecule has 0 atom stereocenters. The molecule has 0 aromatic heterocycles. The summed E-state index contributed by atoms with van der Waals surface area (Å²) in [6.07, 6.45) is 4.31. The van der Waals surface area contributed by atoms with Crippen LogP contribution in [0.3, 0.4) is 0 Å². The molecule has 0 unspecified atom stereocenters. The first-order valence-corrected chi connectivity index (χ1v) is 11.2. The van der Waals surface area contributed by atoms with Gasteiger partial charge in [-0.15, -0.1) is 0 Å². The number of rotatable bonds is 7. The molecule has 0 saturated carbocycles. The molecule has 0 spiro atoms. The maximum atomic E-state index is 12.7. The summed E-state index contributed by atoms with van der Waals surface area (Å²) in [6, 6.07) is 12.5.